The number of hydrogen-bond donors (Lipinski definition) is 1. The first kappa shape index (κ1) is 35.7. The van der Waals surface area contributed by atoms with Crippen molar-refractivity contribution < 1.29 is 52.6 Å². The molecule has 12 heteroatoms. The number of carbonyl (C=O) groups excluding carboxylic acids is 2. The van der Waals surface area contributed by atoms with Crippen LogP contribution < -0.4 is 28.4 Å². The van der Waals surface area contributed by atoms with E-state index in [0.29, 0.717) is 71.4 Å². The molecule has 2 atom stereocenters. The number of carbonyl (C=O) groups is 3. The Morgan fingerprint density at radius 2 is 1.50 bits per heavy atom. The van der Waals surface area contributed by atoms with Crippen LogP contribution in [0.25, 0.3) is 0 Å². The van der Waals surface area contributed by atoms with Gasteiger partial charge in [-0.25, -0.2) is 9.59 Å². The maximum atomic E-state index is 13.9. The maximum absolute atomic E-state index is 13.9. The molecule has 0 radical (unpaired) electrons. The molecule has 1 heterocycles. The van der Waals surface area contributed by atoms with Crippen molar-refractivity contribution in [1.29, 1.82) is 0 Å². The number of piperidine rings is 1. The first-order valence-corrected chi connectivity index (χ1v) is 15.7. The van der Waals surface area contributed by atoms with Gasteiger partial charge in [0.2, 0.25) is 11.7 Å². The normalized spacial score (nSPS) is 14.8. The van der Waals surface area contributed by atoms with Gasteiger partial charge in [0.25, 0.3) is 0 Å². The molecule has 0 saturated carbocycles. The van der Waals surface area contributed by atoms with Crippen molar-refractivity contribution in [2.24, 2.45) is 0 Å². The molecule has 48 heavy (non-hydrogen) atoms. The number of hydrogen-bond acceptors (Lipinski definition) is 10. The summed E-state index contributed by atoms with van der Waals surface area (Å²) in [5.41, 5.74) is 2.22. The molecule has 0 spiro atoms. The molecule has 12 nitrogen and oxygen atoms in total. The maximum Gasteiger partial charge on any atom is 0.341 e. The van der Waals surface area contributed by atoms with Gasteiger partial charge in [-0.15, -0.1) is 0 Å². The van der Waals surface area contributed by atoms with Crippen LogP contribution in [0.3, 0.4) is 0 Å². The molecule has 1 aliphatic rings. The predicted octanol–water partition coefficient (Wildman–Crippen LogP) is 5.03. The lowest BCUT2D eigenvalue weighted by Gasteiger charge is -2.35. The minimum absolute atomic E-state index is 0.0200. The van der Waals surface area contributed by atoms with E-state index in [2.05, 4.69) is 0 Å². The number of benzene rings is 3. The number of nitrogens with zero attached hydrogens (tertiary/aromatic N) is 1. The molecule has 1 aliphatic heterocycles. The van der Waals surface area contributed by atoms with Gasteiger partial charge in [0.05, 0.1) is 42.0 Å². The number of ether oxygens (including phenoxy) is 7. The highest BCUT2D eigenvalue weighted by Gasteiger charge is 2.35. The van der Waals surface area contributed by atoms with Crippen molar-refractivity contribution in [3.05, 3.63) is 71.3 Å². The van der Waals surface area contributed by atoms with Gasteiger partial charge in [0.15, 0.2) is 29.6 Å². The number of aliphatic carboxylic acids is 1. The number of methoxy groups -OCH3 is 5. The lowest BCUT2D eigenvalue weighted by molar-refractivity contribution is -0.162. The summed E-state index contributed by atoms with van der Waals surface area (Å²) in [4.78, 5) is 40.3. The molecule has 1 N–H and O–H groups in total. The van der Waals surface area contributed by atoms with Gasteiger partial charge in [-0.1, -0.05) is 18.2 Å². The summed E-state index contributed by atoms with van der Waals surface area (Å²) in [6.07, 6.45) is 2.21. The van der Waals surface area contributed by atoms with Gasteiger partial charge in [-0.3, -0.25) is 4.79 Å². The molecule has 3 aromatic rings. The van der Waals surface area contributed by atoms with Crippen molar-refractivity contribution in [2.75, 3.05) is 48.7 Å². The summed E-state index contributed by atoms with van der Waals surface area (Å²) in [5.74, 6) is 0.956. The molecule has 0 aliphatic carbocycles. The topological polar surface area (TPSA) is 139 Å². The second kappa shape index (κ2) is 17.1. The van der Waals surface area contributed by atoms with E-state index in [1.54, 1.807) is 55.5 Å². The molecule has 1 saturated heterocycles. The molecule has 0 bridgehead atoms. The Balaban J connectivity index is 1.56. The van der Waals surface area contributed by atoms with Crippen LogP contribution in [0.15, 0.2) is 54.6 Å². The Bertz CT molecular complexity index is 1550. The van der Waals surface area contributed by atoms with Crippen LogP contribution in [0.4, 0.5) is 0 Å². The van der Waals surface area contributed by atoms with Crippen molar-refractivity contribution in [3.8, 4) is 34.5 Å². The average Bonchev–Trinajstić information content (AvgIpc) is 3.11. The number of carboxylic acid groups (broad SMARTS) is 1. The zero-order valence-electron chi connectivity index (χ0n) is 28.0. The predicted molar refractivity (Wildman–Crippen MR) is 175 cm³/mol. The molecule has 3 aromatic carbocycles. The number of likely N-dealkylation sites (tertiary alicyclic amines) is 1. The van der Waals surface area contributed by atoms with Crippen LogP contribution in [-0.2, 0) is 32.0 Å². The zero-order valence-corrected chi connectivity index (χ0v) is 28.0. The monoisotopic (exact) mass is 665 g/mol. The van der Waals surface area contributed by atoms with Gasteiger partial charge in [-0.05, 0) is 85.2 Å². The summed E-state index contributed by atoms with van der Waals surface area (Å²) in [6.45, 7) is -0.0948. The Kier molecular flexibility index (Phi) is 12.8. The molecule has 258 valence electrons. The fourth-order valence-electron chi connectivity index (χ4n) is 5.78. The summed E-state index contributed by atoms with van der Waals surface area (Å²) in [7, 11) is 7.66. The molecule has 1 fully saturated rings. The lowest BCUT2D eigenvalue weighted by Crippen LogP contribution is -2.49. The second-order valence-electron chi connectivity index (χ2n) is 11.2. The minimum Gasteiger partial charge on any atom is -0.493 e. The van der Waals surface area contributed by atoms with E-state index >= 15 is 0 Å². The number of esters is 1. The molecule has 0 unspecified atom stereocenters. The van der Waals surface area contributed by atoms with Crippen LogP contribution in [0, 0.1) is 0 Å². The summed E-state index contributed by atoms with van der Waals surface area (Å²) in [6, 6.07) is 15.1. The van der Waals surface area contributed by atoms with Crippen molar-refractivity contribution in [3.63, 3.8) is 0 Å². The Morgan fingerprint density at radius 3 is 2.15 bits per heavy atom. The third-order valence-corrected chi connectivity index (χ3v) is 8.17. The average molecular weight is 666 g/mol. The van der Waals surface area contributed by atoms with Gasteiger partial charge in [0.1, 0.15) is 17.9 Å². The molecular formula is C36H43NO11. The van der Waals surface area contributed by atoms with E-state index in [4.69, 9.17) is 38.3 Å². The van der Waals surface area contributed by atoms with Gasteiger partial charge < -0.3 is 43.2 Å². The van der Waals surface area contributed by atoms with Crippen molar-refractivity contribution >= 4 is 17.8 Å². The van der Waals surface area contributed by atoms with Crippen LogP contribution in [0.2, 0.25) is 0 Å². The van der Waals surface area contributed by atoms with E-state index in [-0.39, 0.29) is 12.3 Å². The molecular weight excluding hydrogens is 622 g/mol. The summed E-state index contributed by atoms with van der Waals surface area (Å²) in [5, 5.41) is 9.08. The van der Waals surface area contributed by atoms with Crippen LogP contribution in [0.1, 0.15) is 48.5 Å². The quantitative estimate of drug-likeness (QED) is 0.206. The Morgan fingerprint density at radius 1 is 0.812 bits per heavy atom. The molecule has 1 amide bonds. The first-order valence-electron chi connectivity index (χ1n) is 15.7. The summed E-state index contributed by atoms with van der Waals surface area (Å²) >= 11 is 0. The van der Waals surface area contributed by atoms with E-state index in [9.17, 15) is 14.4 Å². The molecule has 0 aromatic heterocycles. The van der Waals surface area contributed by atoms with Gasteiger partial charge in [-0.2, -0.15) is 0 Å². The first-order chi connectivity index (χ1) is 23.2. The third-order valence-electron chi connectivity index (χ3n) is 8.17. The van der Waals surface area contributed by atoms with Crippen LogP contribution in [0.5, 0.6) is 34.5 Å². The number of aryl methyl sites for hydroxylation is 1. The van der Waals surface area contributed by atoms with Crippen molar-refractivity contribution in [2.45, 2.75) is 50.7 Å². The number of carboxylic acids is 1. The second-order valence-corrected chi connectivity index (χ2v) is 11.2. The lowest BCUT2D eigenvalue weighted by atomic mass is 9.99. The third kappa shape index (κ3) is 9.02. The Labute approximate surface area is 280 Å². The van der Waals surface area contributed by atoms with Crippen LogP contribution in [-0.4, -0.2) is 82.6 Å². The fourth-order valence-corrected chi connectivity index (χ4v) is 5.78. The number of amides is 1. The van der Waals surface area contributed by atoms with Gasteiger partial charge >= 0.3 is 11.9 Å². The largest absolute Gasteiger partial charge is 0.493 e. The highest BCUT2D eigenvalue weighted by molar-refractivity contribution is 5.86. The standard InChI is InChI=1S/C36H43NO11/c1-42-29-15-13-23(17-30(29)43-2)12-14-28(25-9-8-10-26(21-25)47-22-34(39)40)48-36(41)27-11-6-7-16-37(27)33(38)20-24-18-31(44-3)35(46-5)32(19-24)45-4/h8-10,13,15,17-19,21,27-28H,6-7,11-12,14,16,20,22H2,1-5H3,(H,39,40)/t27-,28+/m0/s1. The van der Waals surface area contributed by atoms with E-state index in [1.807, 2.05) is 18.2 Å². The highest BCUT2D eigenvalue weighted by Crippen LogP contribution is 2.39. The zero-order chi connectivity index (χ0) is 34.6. The highest BCUT2D eigenvalue weighted by atomic mass is 16.5. The molecule has 4 rings (SSSR count). The SMILES string of the molecule is COc1ccc(CC[C@@H](OC(=O)[C@@H]2CCCCN2C(=O)Cc2cc(OC)c(OC)c(OC)c2)c2cccc(OCC(=O)O)c2)cc1OC. The fraction of sp³-hybridized carbons (Fsp3) is 0.417. The summed E-state index contributed by atoms with van der Waals surface area (Å²) < 4.78 is 38.7. The van der Waals surface area contributed by atoms with Gasteiger partial charge in [0, 0.05) is 6.54 Å². The Hall–Kier alpha value is -5.13. The van der Waals surface area contributed by atoms with E-state index < -0.39 is 30.7 Å². The number of rotatable bonds is 16. The van der Waals surface area contributed by atoms with E-state index in [0.717, 1.165) is 18.4 Å². The smallest absolute Gasteiger partial charge is 0.341 e. The minimum atomic E-state index is -1.11. The van der Waals surface area contributed by atoms with Crippen LogP contribution >= 0.6 is 0 Å². The van der Waals surface area contributed by atoms with E-state index in [1.165, 1.54) is 21.3 Å². The van der Waals surface area contributed by atoms with Crippen molar-refractivity contribution in [1.82, 2.24) is 4.90 Å².